The maximum atomic E-state index is 11.2. The van der Waals surface area contributed by atoms with Gasteiger partial charge in [-0.3, -0.25) is 0 Å². The summed E-state index contributed by atoms with van der Waals surface area (Å²) in [6.45, 7) is 4.56. The molecule has 120 valence electrons. The van der Waals surface area contributed by atoms with Gasteiger partial charge in [0.05, 0.1) is 20.3 Å². The summed E-state index contributed by atoms with van der Waals surface area (Å²) < 4.78 is 21.9. The molecule has 2 atom stereocenters. The summed E-state index contributed by atoms with van der Waals surface area (Å²) in [5.74, 6) is -1.12. The van der Waals surface area contributed by atoms with E-state index in [0.29, 0.717) is 13.2 Å². The minimum Gasteiger partial charge on any atom is -0.466 e. The molecule has 0 N–H and O–H groups in total. The van der Waals surface area contributed by atoms with Crippen LogP contribution in [-0.2, 0) is 30.3 Å². The molecule has 1 heterocycles. The summed E-state index contributed by atoms with van der Waals surface area (Å²) in [7, 11) is 1.34. The highest BCUT2D eigenvalue weighted by molar-refractivity contribution is 5.81. The van der Waals surface area contributed by atoms with E-state index in [1.165, 1.54) is 13.2 Å². The van der Waals surface area contributed by atoms with Crippen LogP contribution in [0.15, 0.2) is 42.5 Å². The Bertz CT molecular complexity index is 509. The predicted octanol–water partition coefficient (Wildman–Crippen LogP) is 2.45. The molecule has 2 rings (SSSR count). The summed E-state index contributed by atoms with van der Waals surface area (Å²) in [5.41, 5.74) is 1.10. The number of rotatable bonds is 6. The number of carbonyl (C=O) groups excluding carboxylic acids is 1. The quantitative estimate of drug-likeness (QED) is 0.597. The van der Waals surface area contributed by atoms with Crippen LogP contribution in [0.25, 0.3) is 0 Å². The molecule has 1 fully saturated rings. The molecule has 22 heavy (non-hydrogen) atoms. The third kappa shape index (κ3) is 4.94. The van der Waals surface area contributed by atoms with Crippen molar-refractivity contribution >= 4 is 5.97 Å². The van der Waals surface area contributed by atoms with Crippen molar-refractivity contribution in [1.29, 1.82) is 0 Å². The third-order valence-corrected chi connectivity index (χ3v) is 3.24. The zero-order valence-electron chi connectivity index (χ0n) is 13.2. The van der Waals surface area contributed by atoms with Gasteiger partial charge >= 0.3 is 5.97 Å². The van der Waals surface area contributed by atoms with Gasteiger partial charge in [-0.05, 0) is 25.5 Å². The van der Waals surface area contributed by atoms with Crippen LogP contribution in [0, 0.1) is 0 Å². The van der Waals surface area contributed by atoms with Crippen LogP contribution < -0.4 is 0 Å². The van der Waals surface area contributed by atoms with Crippen molar-refractivity contribution in [2.45, 2.75) is 38.4 Å². The molecule has 0 radical (unpaired) electrons. The topological polar surface area (TPSA) is 54.0 Å². The third-order valence-electron chi connectivity index (χ3n) is 3.24. The number of hydrogen-bond donors (Lipinski definition) is 0. The van der Waals surface area contributed by atoms with E-state index in [4.69, 9.17) is 14.2 Å². The zero-order valence-corrected chi connectivity index (χ0v) is 13.2. The molecule has 0 bridgehead atoms. The highest BCUT2D eigenvalue weighted by Crippen LogP contribution is 2.29. The minimum absolute atomic E-state index is 0.264. The maximum absolute atomic E-state index is 11.2. The SMILES string of the molecule is COC(=O)/C=C\[C@@H]1OC(C)(C)O[C@@H]1COCc1ccccc1. The normalized spacial score (nSPS) is 23.8. The van der Waals surface area contributed by atoms with Gasteiger partial charge in [-0.25, -0.2) is 4.79 Å². The molecule has 1 aliphatic heterocycles. The van der Waals surface area contributed by atoms with E-state index in [1.54, 1.807) is 6.08 Å². The van der Waals surface area contributed by atoms with E-state index in [0.717, 1.165) is 5.56 Å². The van der Waals surface area contributed by atoms with Gasteiger partial charge in [0.1, 0.15) is 12.2 Å². The second-order valence-corrected chi connectivity index (χ2v) is 5.52. The molecule has 1 aliphatic rings. The Morgan fingerprint density at radius 2 is 2.00 bits per heavy atom. The number of benzene rings is 1. The largest absolute Gasteiger partial charge is 0.466 e. The van der Waals surface area contributed by atoms with Crippen molar-refractivity contribution in [2.24, 2.45) is 0 Å². The first-order chi connectivity index (χ1) is 10.5. The number of esters is 1. The van der Waals surface area contributed by atoms with Crippen LogP contribution in [0.3, 0.4) is 0 Å². The standard InChI is InChI=1S/C17H22O5/c1-17(2)21-14(9-10-16(18)19-3)15(22-17)12-20-11-13-7-5-4-6-8-13/h4-10,14-15H,11-12H2,1-3H3/b10-9-/t14-,15+/m0/s1. The maximum Gasteiger partial charge on any atom is 0.330 e. The first-order valence-electron chi connectivity index (χ1n) is 7.23. The molecule has 0 saturated carbocycles. The van der Waals surface area contributed by atoms with E-state index >= 15 is 0 Å². The Hall–Kier alpha value is -1.69. The van der Waals surface area contributed by atoms with E-state index in [-0.39, 0.29) is 12.2 Å². The van der Waals surface area contributed by atoms with Crippen LogP contribution in [0.4, 0.5) is 0 Å². The number of ether oxygens (including phenoxy) is 4. The van der Waals surface area contributed by atoms with Gasteiger partial charge in [0, 0.05) is 6.08 Å². The Kier molecular flexibility index (Phi) is 5.71. The molecule has 0 spiro atoms. The van der Waals surface area contributed by atoms with Crippen LogP contribution in [-0.4, -0.2) is 37.7 Å². The fourth-order valence-corrected chi connectivity index (χ4v) is 2.26. The molecule has 1 aromatic rings. The Morgan fingerprint density at radius 3 is 2.68 bits per heavy atom. The highest BCUT2D eigenvalue weighted by Gasteiger charge is 2.40. The molecule has 5 nitrogen and oxygen atoms in total. The van der Waals surface area contributed by atoms with Gasteiger partial charge in [-0.2, -0.15) is 0 Å². The summed E-state index contributed by atoms with van der Waals surface area (Å²) in [4.78, 5) is 11.2. The van der Waals surface area contributed by atoms with Gasteiger partial charge in [0.2, 0.25) is 0 Å². The molecular formula is C17H22O5. The van der Waals surface area contributed by atoms with Gasteiger partial charge in [-0.1, -0.05) is 30.3 Å². The second-order valence-electron chi connectivity index (χ2n) is 5.52. The lowest BCUT2D eigenvalue weighted by molar-refractivity contribution is -0.149. The molecule has 5 heteroatoms. The molecule has 1 saturated heterocycles. The average molecular weight is 306 g/mol. The summed E-state index contributed by atoms with van der Waals surface area (Å²) in [6.07, 6.45) is 2.39. The van der Waals surface area contributed by atoms with Crippen LogP contribution >= 0.6 is 0 Å². The van der Waals surface area contributed by atoms with Crippen LogP contribution in [0.1, 0.15) is 19.4 Å². The lowest BCUT2D eigenvalue weighted by atomic mass is 10.2. The number of carbonyl (C=O) groups is 1. The minimum atomic E-state index is -0.702. The first kappa shape index (κ1) is 16.7. The summed E-state index contributed by atoms with van der Waals surface area (Å²) in [6, 6.07) is 9.92. The number of hydrogen-bond acceptors (Lipinski definition) is 5. The van der Waals surface area contributed by atoms with Gasteiger partial charge < -0.3 is 18.9 Å². The fourth-order valence-electron chi connectivity index (χ4n) is 2.26. The van der Waals surface area contributed by atoms with Crippen LogP contribution in [0.5, 0.6) is 0 Å². The highest BCUT2D eigenvalue weighted by atomic mass is 16.8. The van der Waals surface area contributed by atoms with E-state index in [9.17, 15) is 4.79 Å². The van der Waals surface area contributed by atoms with E-state index in [1.807, 2.05) is 44.2 Å². The molecular weight excluding hydrogens is 284 g/mol. The number of methoxy groups -OCH3 is 1. The van der Waals surface area contributed by atoms with Gasteiger partial charge in [0.15, 0.2) is 5.79 Å². The molecule has 0 aliphatic carbocycles. The zero-order chi connectivity index (χ0) is 16.0. The summed E-state index contributed by atoms with van der Waals surface area (Å²) >= 11 is 0. The molecule has 0 aromatic heterocycles. The Morgan fingerprint density at radius 1 is 1.27 bits per heavy atom. The summed E-state index contributed by atoms with van der Waals surface area (Å²) in [5, 5.41) is 0. The lowest BCUT2D eigenvalue weighted by Gasteiger charge is -2.16. The van der Waals surface area contributed by atoms with Crippen molar-refractivity contribution in [2.75, 3.05) is 13.7 Å². The van der Waals surface area contributed by atoms with Gasteiger partial charge in [-0.15, -0.1) is 0 Å². The average Bonchev–Trinajstić information content (AvgIpc) is 2.80. The Balaban J connectivity index is 1.89. The molecule has 0 amide bonds. The second kappa shape index (κ2) is 7.54. The predicted molar refractivity (Wildman–Crippen MR) is 81.1 cm³/mol. The molecule has 1 aromatic carbocycles. The lowest BCUT2D eigenvalue weighted by Crippen LogP contribution is -2.26. The first-order valence-corrected chi connectivity index (χ1v) is 7.23. The Labute approximate surface area is 130 Å². The van der Waals surface area contributed by atoms with Gasteiger partial charge in [0.25, 0.3) is 0 Å². The fraction of sp³-hybridized carbons (Fsp3) is 0.471. The van der Waals surface area contributed by atoms with Crippen molar-refractivity contribution in [3.8, 4) is 0 Å². The smallest absolute Gasteiger partial charge is 0.330 e. The van der Waals surface area contributed by atoms with Crippen molar-refractivity contribution in [1.82, 2.24) is 0 Å². The van der Waals surface area contributed by atoms with Crippen molar-refractivity contribution in [3.05, 3.63) is 48.0 Å². The van der Waals surface area contributed by atoms with E-state index < -0.39 is 11.8 Å². The van der Waals surface area contributed by atoms with Crippen molar-refractivity contribution < 1.29 is 23.7 Å². The van der Waals surface area contributed by atoms with Crippen molar-refractivity contribution in [3.63, 3.8) is 0 Å². The monoisotopic (exact) mass is 306 g/mol. The molecule has 0 unspecified atom stereocenters. The van der Waals surface area contributed by atoms with Crippen LogP contribution in [0.2, 0.25) is 0 Å². The van der Waals surface area contributed by atoms with E-state index in [2.05, 4.69) is 4.74 Å².